The maximum Gasteiger partial charge on any atom is 0.139 e. The van der Waals surface area contributed by atoms with Crippen LogP contribution in [-0.2, 0) is 0 Å². The minimum atomic E-state index is 0.0551. The van der Waals surface area contributed by atoms with Crippen LogP contribution in [-0.4, -0.2) is 60.2 Å². The van der Waals surface area contributed by atoms with Crippen LogP contribution in [0.3, 0.4) is 0 Å². The molecule has 0 saturated carbocycles. The van der Waals surface area contributed by atoms with E-state index in [0.29, 0.717) is 5.56 Å². The minimum absolute atomic E-state index is 0.0551. The first kappa shape index (κ1) is 13.8. The first-order chi connectivity index (χ1) is 9.22. The lowest BCUT2D eigenvalue weighted by Crippen LogP contribution is -2.33. The highest BCUT2D eigenvalue weighted by atomic mass is 16.3. The van der Waals surface area contributed by atoms with E-state index >= 15 is 0 Å². The Hall–Kier alpha value is -1.66. The standard InChI is InChI=1S/C13H21N5O/c14-12(15)11-3-1-4-16-13(11)18-6-2-5-17(7-8-18)9-10-19/h1,3-4,19H,2,5-10H2,(H3,14,15). The molecule has 0 spiro atoms. The number of aromatic nitrogens is 1. The SMILES string of the molecule is N=C(N)c1cccnc1N1CCCN(CCO)CC1. The Kier molecular flexibility index (Phi) is 4.70. The quantitative estimate of drug-likeness (QED) is 0.520. The zero-order chi connectivity index (χ0) is 13.7. The van der Waals surface area contributed by atoms with Crippen molar-refractivity contribution in [2.24, 2.45) is 5.73 Å². The van der Waals surface area contributed by atoms with Crippen LogP contribution < -0.4 is 10.6 Å². The maximum atomic E-state index is 9.00. The lowest BCUT2D eigenvalue weighted by Gasteiger charge is -2.24. The number of β-amino-alcohol motifs (C(OH)–C–C–N with tert-alkyl or cyclic N) is 1. The molecule has 2 rings (SSSR count). The summed E-state index contributed by atoms with van der Waals surface area (Å²) in [6.45, 7) is 4.54. The molecule has 0 bridgehead atoms. The number of aliphatic hydroxyl groups excluding tert-OH is 1. The van der Waals surface area contributed by atoms with Crippen molar-refractivity contribution in [3.8, 4) is 0 Å². The van der Waals surface area contributed by atoms with Gasteiger partial charge in [-0.3, -0.25) is 10.3 Å². The Balaban J connectivity index is 2.12. The molecule has 2 heterocycles. The maximum absolute atomic E-state index is 9.00. The second-order valence-corrected chi connectivity index (χ2v) is 4.69. The molecule has 1 aliphatic rings. The van der Waals surface area contributed by atoms with Gasteiger partial charge in [-0.05, 0) is 25.1 Å². The van der Waals surface area contributed by atoms with E-state index < -0.39 is 0 Å². The van der Waals surface area contributed by atoms with Gasteiger partial charge in [-0.1, -0.05) is 0 Å². The lowest BCUT2D eigenvalue weighted by molar-refractivity contribution is 0.204. The molecule has 0 radical (unpaired) electrons. The lowest BCUT2D eigenvalue weighted by atomic mass is 10.2. The first-order valence-electron chi connectivity index (χ1n) is 6.60. The van der Waals surface area contributed by atoms with Gasteiger partial charge in [0.2, 0.25) is 0 Å². The van der Waals surface area contributed by atoms with Crippen LogP contribution in [0.25, 0.3) is 0 Å². The van der Waals surface area contributed by atoms with Gasteiger partial charge in [0.25, 0.3) is 0 Å². The summed E-state index contributed by atoms with van der Waals surface area (Å²) in [5.41, 5.74) is 6.30. The van der Waals surface area contributed by atoms with Crippen molar-refractivity contribution in [2.45, 2.75) is 6.42 Å². The van der Waals surface area contributed by atoms with E-state index in [9.17, 15) is 0 Å². The summed E-state index contributed by atoms with van der Waals surface area (Å²) < 4.78 is 0. The number of pyridine rings is 1. The van der Waals surface area contributed by atoms with Crippen LogP contribution in [0.2, 0.25) is 0 Å². The third-order valence-corrected chi connectivity index (χ3v) is 3.38. The number of hydrogen-bond donors (Lipinski definition) is 3. The number of nitrogens with one attached hydrogen (secondary N) is 1. The Bertz CT molecular complexity index is 437. The van der Waals surface area contributed by atoms with Gasteiger partial charge in [0.15, 0.2) is 0 Å². The fourth-order valence-electron chi connectivity index (χ4n) is 2.41. The largest absolute Gasteiger partial charge is 0.395 e. The second kappa shape index (κ2) is 6.49. The molecule has 1 aliphatic heterocycles. The van der Waals surface area contributed by atoms with Crippen LogP contribution in [0.5, 0.6) is 0 Å². The monoisotopic (exact) mass is 263 g/mol. The van der Waals surface area contributed by atoms with Crippen LogP contribution >= 0.6 is 0 Å². The molecule has 0 unspecified atom stereocenters. The number of nitrogens with two attached hydrogens (primary N) is 1. The van der Waals surface area contributed by atoms with Gasteiger partial charge in [-0.2, -0.15) is 0 Å². The van der Waals surface area contributed by atoms with Gasteiger partial charge >= 0.3 is 0 Å². The van der Waals surface area contributed by atoms with Crippen molar-refractivity contribution in [1.82, 2.24) is 9.88 Å². The van der Waals surface area contributed by atoms with E-state index in [4.69, 9.17) is 16.2 Å². The summed E-state index contributed by atoms with van der Waals surface area (Å²) in [6, 6.07) is 3.64. The van der Waals surface area contributed by atoms with E-state index in [1.165, 1.54) is 0 Å². The highest BCUT2D eigenvalue weighted by molar-refractivity contribution is 5.99. The zero-order valence-electron chi connectivity index (χ0n) is 11.0. The molecule has 6 heteroatoms. The molecule has 4 N–H and O–H groups in total. The van der Waals surface area contributed by atoms with E-state index in [2.05, 4.69) is 14.8 Å². The van der Waals surface area contributed by atoms with E-state index in [0.717, 1.165) is 45.0 Å². The molecular weight excluding hydrogens is 242 g/mol. The molecule has 0 aliphatic carbocycles. The average molecular weight is 263 g/mol. The molecule has 1 saturated heterocycles. The smallest absolute Gasteiger partial charge is 0.139 e. The number of rotatable bonds is 4. The Morgan fingerprint density at radius 2 is 2.21 bits per heavy atom. The first-order valence-corrected chi connectivity index (χ1v) is 6.60. The predicted molar refractivity (Wildman–Crippen MR) is 75.6 cm³/mol. The summed E-state index contributed by atoms with van der Waals surface area (Å²) in [6.07, 6.45) is 2.76. The molecule has 0 aromatic carbocycles. The molecule has 104 valence electrons. The van der Waals surface area contributed by atoms with Crippen molar-refractivity contribution in [3.63, 3.8) is 0 Å². The van der Waals surface area contributed by atoms with Gasteiger partial charge in [0.05, 0.1) is 12.2 Å². The average Bonchev–Trinajstić information content (AvgIpc) is 2.65. The van der Waals surface area contributed by atoms with Gasteiger partial charge in [-0.25, -0.2) is 4.98 Å². The summed E-state index contributed by atoms with van der Waals surface area (Å²) in [5, 5.41) is 16.6. The number of anilines is 1. The fourth-order valence-corrected chi connectivity index (χ4v) is 2.41. The van der Waals surface area contributed by atoms with Crippen molar-refractivity contribution in [3.05, 3.63) is 23.9 Å². The van der Waals surface area contributed by atoms with Crippen LogP contribution in [0.4, 0.5) is 5.82 Å². The Labute approximate surface area is 113 Å². The summed E-state index contributed by atoms with van der Waals surface area (Å²) >= 11 is 0. The van der Waals surface area contributed by atoms with Crippen LogP contribution in [0, 0.1) is 5.41 Å². The highest BCUT2D eigenvalue weighted by Gasteiger charge is 2.18. The van der Waals surface area contributed by atoms with Crippen molar-refractivity contribution < 1.29 is 5.11 Å². The molecular formula is C13H21N5O. The van der Waals surface area contributed by atoms with Gasteiger partial charge < -0.3 is 15.7 Å². The number of aliphatic hydroxyl groups is 1. The van der Waals surface area contributed by atoms with E-state index in [1.807, 2.05) is 6.07 Å². The van der Waals surface area contributed by atoms with Gasteiger partial charge in [0, 0.05) is 32.4 Å². The normalized spacial score (nSPS) is 17.2. The fraction of sp³-hybridized carbons (Fsp3) is 0.538. The molecule has 6 nitrogen and oxygen atoms in total. The van der Waals surface area contributed by atoms with Crippen molar-refractivity contribution in [1.29, 1.82) is 5.41 Å². The van der Waals surface area contributed by atoms with Crippen LogP contribution in [0.15, 0.2) is 18.3 Å². The van der Waals surface area contributed by atoms with Gasteiger partial charge in [-0.15, -0.1) is 0 Å². The Morgan fingerprint density at radius 3 is 2.95 bits per heavy atom. The molecule has 0 amide bonds. The molecule has 19 heavy (non-hydrogen) atoms. The third-order valence-electron chi connectivity index (χ3n) is 3.38. The highest BCUT2D eigenvalue weighted by Crippen LogP contribution is 2.18. The number of amidine groups is 1. The zero-order valence-corrected chi connectivity index (χ0v) is 11.0. The topological polar surface area (TPSA) is 89.5 Å². The number of nitrogens with zero attached hydrogens (tertiary/aromatic N) is 3. The van der Waals surface area contributed by atoms with Gasteiger partial charge in [0.1, 0.15) is 11.7 Å². The van der Waals surface area contributed by atoms with E-state index in [1.54, 1.807) is 12.3 Å². The third kappa shape index (κ3) is 3.42. The summed E-state index contributed by atoms with van der Waals surface area (Å²) in [5.74, 6) is 0.848. The second-order valence-electron chi connectivity index (χ2n) is 4.69. The molecule has 1 aromatic heterocycles. The van der Waals surface area contributed by atoms with Crippen LogP contribution in [0.1, 0.15) is 12.0 Å². The Morgan fingerprint density at radius 1 is 1.37 bits per heavy atom. The van der Waals surface area contributed by atoms with Crippen molar-refractivity contribution >= 4 is 11.7 Å². The van der Waals surface area contributed by atoms with Crippen molar-refractivity contribution in [2.75, 3.05) is 44.2 Å². The minimum Gasteiger partial charge on any atom is -0.395 e. The van der Waals surface area contributed by atoms with E-state index in [-0.39, 0.29) is 12.4 Å². The summed E-state index contributed by atoms with van der Waals surface area (Å²) in [7, 11) is 0. The molecule has 1 fully saturated rings. The summed E-state index contributed by atoms with van der Waals surface area (Å²) in [4.78, 5) is 8.79. The predicted octanol–water partition coefficient (Wildman–Crippen LogP) is -0.130. The molecule has 1 aromatic rings. The number of hydrogen-bond acceptors (Lipinski definition) is 5. The number of nitrogen functional groups attached to an aromatic ring is 1. The molecule has 0 atom stereocenters.